The van der Waals surface area contributed by atoms with Gasteiger partial charge in [0.1, 0.15) is 0 Å². The molecule has 0 amide bonds. The van der Waals surface area contributed by atoms with Crippen LogP contribution in [0.2, 0.25) is 0 Å². The number of aromatic nitrogens is 2. The summed E-state index contributed by atoms with van der Waals surface area (Å²) in [6, 6.07) is 6.03. The van der Waals surface area contributed by atoms with Gasteiger partial charge < -0.3 is 15.3 Å². The summed E-state index contributed by atoms with van der Waals surface area (Å²) in [5.74, 6) is 0.514. The smallest absolute Gasteiger partial charge is 0.391 e. The van der Waals surface area contributed by atoms with Crippen molar-refractivity contribution in [2.75, 3.05) is 19.6 Å². The second-order valence-corrected chi connectivity index (χ2v) is 7.24. The van der Waals surface area contributed by atoms with Crippen LogP contribution in [-0.2, 0) is 12.7 Å². The summed E-state index contributed by atoms with van der Waals surface area (Å²) < 4.78 is 42.7. The van der Waals surface area contributed by atoms with Crippen molar-refractivity contribution in [3.8, 4) is 5.69 Å². The molecule has 1 aliphatic heterocycles. The summed E-state index contributed by atoms with van der Waals surface area (Å²) in [5.41, 5.74) is 1.25. The normalized spacial score (nSPS) is 17.2. The Hall–Kier alpha value is -1.82. The lowest BCUT2D eigenvalue weighted by atomic mass is 10.1. The molecule has 1 fully saturated rings. The summed E-state index contributed by atoms with van der Waals surface area (Å²) in [5, 5.41) is 17.1. The van der Waals surface area contributed by atoms with Crippen molar-refractivity contribution in [3.63, 3.8) is 0 Å². The number of likely N-dealkylation sites (tertiary alicyclic amines) is 1. The number of guanidine groups is 1. The fraction of sp³-hybridized carbons (Fsp3) is 0.500. The molecule has 0 aliphatic carbocycles. The number of hydrogen-bond acceptors (Lipinski definition) is 3. The Morgan fingerprint density at radius 1 is 1.30 bits per heavy atom. The Bertz CT molecular complexity index is 897. The zero-order valence-electron chi connectivity index (χ0n) is 17.2. The van der Waals surface area contributed by atoms with E-state index >= 15 is 0 Å². The minimum atomic E-state index is -4.50. The van der Waals surface area contributed by atoms with E-state index < -0.39 is 17.8 Å². The van der Waals surface area contributed by atoms with E-state index in [0.717, 1.165) is 17.5 Å². The number of β-amino-alcohol motifs (C(OH)–C–C–N with tert-alkyl or cyclic N) is 1. The summed E-state index contributed by atoms with van der Waals surface area (Å²) in [4.78, 5) is 6.26. The lowest BCUT2D eigenvalue weighted by Crippen LogP contribution is -2.40. The van der Waals surface area contributed by atoms with Crippen LogP contribution in [0, 0.1) is 13.8 Å². The standard InChI is InChI=1S/C20H26F3N5O.HI/c1-4-24-19(27-8-7-17(29)12-27)25-11-15-5-6-16(10-18(15)20(21,22)23)28-14(3)9-13(2)26-28;/h5-6,9-10,17,29H,4,7-8,11-12H2,1-3H3,(H,24,25);1H/t17-;/m1./s1. The highest BCUT2D eigenvalue weighted by Gasteiger charge is 2.34. The lowest BCUT2D eigenvalue weighted by molar-refractivity contribution is -0.138. The first-order valence-corrected chi connectivity index (χ1v) is 9.64. The fourth-order valence-corrected chi connectivity index (χ4v) is 3.51. The highest BCUT2D eigenvalue weighted by molar-refractivity contribution is 14.0. The molecular weight excluding hydrogens is 510 g/mol. The quantitative estimate of drug-likeness (QED) is 0.355. The molecule has 2 aromatic rings. The monoisotopic (exact) mass is 537 g/mol. The van der Waals surface area contributed by atoms with Crippen LogP contribution in [0.25, 0.3) is 5.69 Å². The van der Waals surface area contributed by atoms with Gasteiger partial charge in [0.05, 0.1) is 29.6 Å². The second kappa shape index (κ2) is 9.99. The highest BCUT2D eigenvalue weighted by atomic mass is 127. The van der Waals surface area contributed by atoms with E-state index in [1.807, 2.05) is 17.9 Å². The van der Waals surface area contributed by atoms with E-state index in [0.29, 0.717) is 37.7 Å². The van der Waals surface area contributed by atoms with Gasteiger partial charge in [-0.2, -0.15) is 18.3 Å². The maximum Gasteiger partial charge on any atom is 0.416 e. The van der Waals surface area contributed by atoms with E-state index in [1.165, 1.54) is 10.7 Å². The third-order valence-corrected chi connectivity index (χ3v) is 4.85. The van der Waals surface area contributed by atoms with E-state index in [2.05, 4.69) is 15.4 Å². The van der Waals surface area contributed by atoms with Gasteiger partial charge in [0, 0.05) is 25.3 Å². The van der Waals surface area contributed by atoms with E-state index in [1.54, 1.807) is 19.9 Å². The van der Waals surface area contributed by atoms with Gasteiger partial charge in [-0.3, -0.25) is 0 Å². The van der Waals surface area contributed by atoms with Crippen molar-refractivity contribution in [2.45, 2.75) is 46.0 Å². The van der Waals surface area contributed by atoms with Crippen molar-refractivity contribution >= 4 is 29.9 Å². The van der Waals surface area contributed by atoms with E-state index in [-0.39, 0.29) is 36.1 Å². The maximum atomic E-state index is 13.7. The van der Waals surface area contributed by atoms with Crippen LogP contribution in [0.3, 0.4) is 0 Å². The van der Waals surface area contributed by atoms with Gasteiger partial charge in [0.25, 0.3) is 0 Å². The van der Waals surface area contributed by atoms with Crippen molar-refractivity contribution in [3.05, 3.63) is 46.8 Å². The molecular formula is C20H27F3IN5O. The van der Waals surface area contributed by atoms with Gasteiger partial charge in [0.2, 0.25) is 0 Å². The number of hydrogen-bond donors (Lipinski definition) is 2. The Labute approximate surface area is 191 Å². The number of nitrogens with one attached hydrogen (secondary N) is 1. The zero-order chi connectivity index (χ0) is 21.2. The van der Waals surface area contributed by atoms with E-state index in [4.69, 9.17) is 0 Å². The molecule has 166 valence electrons. The number of aliphatic imine (C=N–C) groups is 1. The van der Waals surface area contributed by atoms with Crippen molar-refractivity contribution in [1.29, 1.82) is 0 Å². The van der Waals surface area contributed by atoms with Gasteiger partial charge in [-0.15, -0.1) is 24.0 Å². The molecule has 0 radical (unpaired) electrons. The van der Waals surface area contributed by atoms with Crippen LogP contribution >= 0.6 is 24.0 Å². The fourth-order valence-electron chi connectivity index (χ4n) is 3.51. The molecule has 0 spiro atoms. The summed E-state index contributed by atoms with van der Waals surface area (Å²) >= 11 is 0. The number of aliphatic hydroxyl groups excluding tert-OH is 1. The molecule has 6 nitrogen and oxygen atoms in total. The molecule has 0 saturated carbocycles. The molecule has 1 saturated heterocycles. The molecule has 30 heavy (non-hydrogen) atoms. The first kappa shape index (κ1) is 24.4. The topological polar surface area (TPSA) is 65.7 Å². The van der Waals surface area contributed by atoms with Crippen LogP contribution in [0.1, 0.15) is 35.9 Å². The van der Waals surface area contributed by atoms with Gasteiger partial charge in [-0.05, 0) is 51.0 Å². The third kappa shape index (κ3) is 5.65. The molecule has 0 bridgehead atoms. The Kier molecular flexibility index (Phi) is 8.14. The summed E-state index contributed by atoms with van der Waals surface area (Å²) in [6.45, 7) is 7.03. The average Bonchev–Trinajstić information content (AvgIpc) is 3.22. The summed E-state index contributed by atoms with van der Waals surface area (Å²) in [7, 11) is 0. The minimum Gasteiger partial charge on any atom is -0.391 e. The molecule has 1 aromatic heterocycles. The SMILES string of the molecule is CCNC(=NCc1ccc(-n2nc(C)cc2C)cc1C(F)(F)F)N1CC[C@@H](O)C1.I. The Balaban J connectivity index is 0.00000320. The maximum absolute atomic E-state index is 13.7. The predicted molar refractivity (Wildman–Crippen MR) is 120 cm³/mol. The number of halogens is 4. The molecule has 1 aliphatic rings. The molecule has 0 unspecified atom stereocenters. The van der Waals surface area contributed by atoms with Crippen LogP contribution in [0.15, 0.2) is 29.3 Å². The zero-order valence-corrected chi connectivity index (χ0v) is 19.5. The Morgan fingerprint density at radius 2 is 2.03 bits per heavy atom. The van der Waals surface area contributed by atoms with Gasteiger partial charge in [0.15, 0.2) is 5.96 Å². The van der Waals surface area contributed by atoms with Crippen LogP contribution < -0.4 is 5.32 Å². The number of benzene rings is 1. The number of rotatable bonds is 4. The lowest BCUT2D eigenvalue weighted by Gasteiger charge is -2.21. The number of aliphatic hydroxyl groups is 1. The number of alkyl halides is 3. The first-order chi connectivity index (χ1) is 13.7. The van der Waals surface area contributed by atoms with Gasteiger partial charge >= 0.3 is 6.18 Å². The first-order valence-electron chi connectivity index (χ1n) is 9.64. The predicted octanol–water partition coefficient (Wildman–Crippen LogP) is 3.66. The van der Waals surface area contributed by atoms with Gasteiger partial charge in [-0.25, -0.2) is 9.67 Å². The van der Waals surface area contributed by atoms with Crippen LogP contribution in [0.4, 0.5) is 13.2 Å². The molecule has 2 N–H and O–H groups in total. The number of nitrogens with zero attached hydrogens (tertiary/aromatic N) is 4. The van der Waals surface area contributed by atoms with Gasteiger partial charge in [-0.1, -0.05) is 6.07 Å². The third-order valence-electron chi connectivity index (χ3n) is 4.85. The largest absolute Gasteiger partial charge is 0.416 e. The highest BCUT2D eigenvalue weighted by Crippen LogP contribution is 2.34. The van der Waals surface area contributed by atoms with Crippen molar-refractivity contribution in [2.24, 2.45) is 4.99 Å². The molecule has 10 heteroatoms. The molecule has 3 rings (SSSR count). The van der Waals surface area contributed by atoms with Crippen molar-refractivity contribution in [1.82, 2.24) is 20.0 Å². The average molecular weight is 537 g/mol. The minimum absolute atomic E-state index is 0. The molecule has 1 atom stereocenters. The van der Waals surface area contributed by atoms with Crippen LogP contribution in [0.5, 0.6) is 0 Å². The van der Waals surface area contributed by atoms with Crippen LogP contribution in [-0.4, -0.2) is 51.5 Å². The van der Waals surface area contributed by atoms with Crippen molar-refractivity contribution < 1.29 is 18.3 Å². The second-order valence-electron chi connectivity index (χ2n) is 7.24. The van der Waals surface area contributed by atoms with E-state index in [9.17, 15) is 18.3 Å². The number of aryl methyl sites for hydroxylation is 2. The molecule has 1 aromatic carbocycles. The molecule has 2 heterocycles. The Morgan fingerprint density at radius 3 is 2.57 bits per heavy atom. The summed E-state index contributed by atoms with van der Waals surface area (Å²) in [6.07, 6.45) is -4.32.